The van der Waals surface area contributed by atoms with Crippen LogP contribution in [0.25, 0.3) is 0 Å². The van der Waals surface area contributed by atoms with E-state index in [0.717, 1.165) is 15.6 Å². The number of benzene rings is 2. The second kappa shape index (κ2) is 7.63. The molecule has 2 aromatic carbocycles. The van der Waals surface area contributed by atoms with Crippen molar-refractivity contribution in [1.29, 1.82) is 0 Å². The maximum absolute atomic E-state index is 11.7. The number of anilines is 1. The van der Waals surface area contributed by atoms with Crippen molar-refractivity contribution in [1.82, 2.24) is 5.43 Å². The number of nitrogens with zero attached hydrogens (tertiary/aromatic N) is 1. The summed E-state index contributed by atoms with van der Waals surface area (Å²) in [5, 5.41) is 7.43. The molecule has 2 N–H and O–H groups in total. The zero-order valence-corrected chi connectivity index (χ0v) is 14.6. The SMILES string of the molecule is Cc1cc(NC(=O)N/N=C/c2ccc(Cl)c(Cl)c2)ccc1Br. The van der Waals surface area contributed by atoms with Crippen LogP contribution in [0.2, 0.25) is 10.0 Å². The molecule has 0 aliphatic heterocycles. The standard InChI is InChI=1S/C15H12BrCl2N3O/c1-9-6-11(3-4-12(9)16)20-15(22)21-19-8-10-2-5-13(17)14(18)7-10/h2-8H,1H3,(H2,20,21,22)/b19-8+. The molecule has 0 heterocycles. The van der Waals surface area contributed by atoms with Gasteiger partial charge in [-0.25, -0.2) is 10.2 Å². The van der Waals surface area contributed by atoms with Crippen molar-refractivity contribution in [2.24, 2.45) is 5.10 Å². The van der Waals surface area contributed by atoms with E-state index in [-0.39, 0.29) is 0 Å². The van der Waals surface area contributed by atoms with Gasteiger partial charge in [0, 0.05) is 10.2 Å². The summed E-state index contributed by atoms with van der Waals surface area (Å²) in [6, 6.07) is 10.1. The Morgan fingerprint density at radius 3 is 2.64 bits per heavy atom. The first-order valence-electron chi connectivity index (χ1n) is 6.27. The number of carbonyl (C=O) groups is 1. The zero-order chi connectivity index (χ0) is 16.1. The van der Waals surface area contributed by atoms with Crippen molar-refractivity contribution in [2.45, 2.75) is 6.92 Å². The number of rotatable bonds is 3. The molecule has 0 fully saturated rings. The van der Waals surface area contributed by atoms with Gasteiger partial charge in [-0.3, -0.25) is 0 Å². The highest BCUT2D eigenvalue weighted by molar-refractivity contribution is 9.10. The molecule has 0 saturated heterocycles. The van der Waals surface area contributed by atoms with Crippen LogP contribution < -0.4 is 10.7 Å². The summed E-state index contributed by atoms with van der Waals surface area (Å²) in [7, 11) is 0. The van der Waals surface area contributed by atoms with E-state index >= 15 is 0 Å². The van der Waals surface area contributed by atoms with E-state index in [4.69, 9.17) is 23.2 Å². The molecule has 114 valence electrons. The minimum absolute atomic E-state index is 0.431. The van der Waals surface area contributed by atoms with Gasteiger partial charge < -0.3 is 5.32 Å². The number of nitrogens with one attached hydrogen (secondary N) is 2. The lowest BCUT2D eigenvalue weighted by atomic mass is 10.2. The molecule has 0 spiro atoms. The molecule has 2 aromatic rings. The lowest BCUT2D eigenvalue weighted by molar-refractivity contribution is 0.252. The molecule has 22 heavy (non-hydrogen) atoms. The monoisotopic (exact) mass is 399 g/mol. The van der Waals surface area contributed by atoms with Crippen LogP contribution in [0, 0.1) is 6.92 Å². The number of aryl methyl sites for hydroxylation is 1. The number of carbonyl (C=O) groups excluding carboxylic acids is 1. The van der Waals surface area contributed by atoms with Crippen LogP contribution in [0.3, 0.4) is 0 Å². The Balaban J connectivity index is 1.93. The molecule has 0 atom stereocenters. The predicted molar refractivity (Wildman–Crippen MR) is 95.1 cm³/mol. The van der Waals surface area contributed by atoms with Gasteiger partial charge in [0.15, 0.2) is 0 Å². The Morgan fingerprint density at radius 2 is 1.95 bits per heavy atom. The summed E-state index contributed by atoms with van der Waals surface area (Å²) >= 11 is 15.1. The van der Waals surface area contributed by atoms with Crippen molar-refractivity contribution < 1.29 is 4.79 Å². The van der Waals surface area contributed by atoms with Crippen LogP contribution in [0.15, 0.2) is 46.0 Å². The molecule has 7 heteroatoms. The first kappa shape index (κ1) is 16.8. The Morgan fingerprint density at radius 1 is 1.18 bits per heavy atom. The average molecular weight is 401 g/mol. The minimum atomic E-state index is -0.432. The summed E-state index contributed by atoms with van der Waals surface area (Å²) in [6.45, 7) is 1.94. The second-order valence-corrected chi connectivity index (χ2v) is 6.13. The molecular weight excluding hydrogens is 389 g/mol. The third-order valence-corrected chi connectivity index (χ3v) is 4.37. The molecule has 0 saturated carbocycles. The molecule has 2 amide bonds. The van der Waals surface area contributed by atoms with E-state index < -0.39 is 6.03 Å². The number of hydrogen-bond acceptors (Lipinski definition) is 2. The van der Waals surface area contributed by atoms with Gasteiger partial charge in [-0.05, 0) is 48.4 Å². The zero-order valence-electron chi connectivity index (χ0n) is 11.5. The fraction of sp³-hybridized carbons (Fsp3) is 0.0667. The van der Waals surface area contributed by atoms with Crippen molar-refractivity contribution in [3.8, 4) is 0 Å². The predicted octanol–water partition coefficient (Wildman–Crippen LogP) is 5.22. The molecule has 0 bridgehead atoms. The highest BCUT2D eigenvalue weighted by Gasteiger charge is 2.02. The average Bonchev–Trinajstić information content (AvgIpc) is 2.47. The Hall–Kier alpha value is -1.56. The Kier molecular flexibility index (Phi) is 5.83. The van der Waals surface area contributed by atoms with Crippen LogP contribution in [0.4, 0.5) is 10.5 Å². The van der Waals surface area contributed by atoms with Gasteiger partial charge in [-0.1, -0.05) is 45.2 Å². The molecule has 0 aliphatic rings. The van der Waals surface area contributed by atoms with Crippen molar-refractivity contribution in [2.75, 3.05) is 5.32 Å². The van der Waals surface area contributed by atoms with Gasteiger partial charge in [0.05, 0.1) is 16.3 Å². The molecule has 2 rings (SSSR count). The van der Waals surface area contributed by atoms with E-state index in [1.165, 1.54) is 6.21 Å². The van der Waals surface area contributed by atoms with Gasteiger partial charge in [0.1, 0.15) is 0 Å². The molecule has 4 nitrogen and oxygen atoms in total. The molecule has 0 aromatic heterocycles. The quantitative estimate of drug-likeness (QED) is 0.538. The highest BCUT2D eigenvalue weighted by Crippen LogP contribution is 2.22. The van der Waals surface area contributed by atoms with Gasteiger partial charge in [0.2, 0.25) is 0 Å². The van der Waals surface area contributed by atoms with Gasteiger partial charge >= 0.3 is 6.03 Å². The second-order valence-electron chi connectivity index (χ2n) is 4.46. The van der Waals surface area contributed by atoms with Crippen LogP contribution in [-0.4, -0.2) is 12.2 Å². The minimum Gasteiger partial charge on any atom is -0.307 e. The van der Waals surface area contributed by atoms with E-state index in [0.29, 0.717) is 15.7 Å². The fourth-order valence-corrected chi connectivity index (χ4v) is 2.19. The lowest BCUT2D eigenvalue weighted by Gasteiger charge is -2.06. The van der Waals surface area contributed by atoms with E-state index in [9.17, 15) is 4.79 Å². The molecular formula is C15H12BrCl2N3O. The molecule has 0 unspecified atom stereocenters. The number of halogens is 3. The lowest BCUT2D eigenvalue weighted by Crippen LogP contribution is -2.24. The Bertz CT molecular complexity index is 735. The van der Waals surface area contributed by atoms with E-state index in [2.05, 4.69) is 31.8 Å². The summed E-state index contributed by atoms with van der Waals surface area (Å²) in [6.07, 6.45) is 1.48. The largest absolute Gasteiger partial charge is 0.339 e. The summed E-state index contributed by atoms with van der Waals surface area (Å²) < 4.78 is 0.982. The van der Waals surface area contributed by atoms with Gasteiger partial charge in [-0.2, -0.15) is 5.10 Å². The fourth-order valence-electron chi connectivity index (χ4n) is 1.64. The van der Waals surface area contributed by atoms with Gasteiger partial charge in [-0.15, -0.1) is 0 Å². The summed E-state index contributed by atoms with van der Waals surface area (Å²) in [5.41, 5.74) is 4.82. The maximum Gasteiger partial charge on any atom is 0.339 e. The molecule has 0 radical (unpaired) electrons. The smallest absolute Gasteiger partial charge is 0.307 e. The van der Waals surface area contributed by atoms with Crippen molar-refractivity contribution in [3.05, 3.63) is 62.0 Å². The summed E-state index contributed by atoms with van der Waals surface area (Å²) in [4.78, 5) is 11.7. The first-order valence-corrected chi connectivity index (χ1v) is 7.82. The van der Waals surface area contributed by atoms with E-state index in [1.807, 2.05) is 19.1 Å². The molecule has 0 aliphatic carbocycles. The number of hydrogen-bond donors (Lipinski definition) is 2. The van der Waals surface area contributed by atoms with Gasteiger partial charge in [0.25, 0.3) is 0 Å². The van der Waals surface area contributed by atoms with Crippen LogP contribution >= 0.6 is 39.1 Å². The number of hydrazone groups is 1. The van der Waals surface area contributed by atoms with Crippen LogP contribution in [-0.2, 0) is 0 Å². The maximum atomic E-state index is 11.7. The highest BCUT2D eigenvalue weighted by atomic mass is 79.9. The normalized spacial score (nSPS) is 10.7. The van der Waals surface area contributed by atoms with Crippen molar-refractivity contribution in [3.63, 3.8) is 0 Å². The van der Waals surface area contributed by atoms with Crippen LogP contribution in [0.1, 0.15) is 11.1 Å². The first-order chi connectivity index (χ1) is 10.5. The topological polar surface area (TPSA) is 53.5 Å². The summed E-state index contributed by atoms with van der Waals surface area (Å²) in [5.74, 6) is 0. The third-order valence-electron chi connectivity index (χ3n) is 2.74. The van der Waals surface area contributed by atoms with Crippen molar-refractivity contribution >= 4 is 57.1 Å². The number of amides is 2. The van der Waals surface area contributed by atoms with E-state index in [1.54, 1.807) is 24.3 Å². The number of urea groups is 1. The third kappa shape index (κ3) is 4.73. The van der Waals surface area contributed by atoms with Crippen LogP contribution in [0.5, 0.6) is 0 Å². The Labute approximate surface area is 146 Å².